The van der Waals surface area contributed by atoms with Gasteiger partial charge >= 0.3 is 5.97 Å². The predicted molar refractivity (Wildman–Crippen MR) is 352 cm³/mol. The number of hydrogen-bond donors (Lipinski definition) is 3. The molecule has 0 aliphatic carbocycles. The van der Waals surface area contributed by atoms with Crippen LogP contribution in [0, 0.1) is 0 Å². The van der Waals surface area contributed by atoms with Crippen molar-refractivity contribution in [2.24, 2.45) is 0 Å². The van der Waals surface area contributed by atoms with Crippen LogP contribution < -0.4 is 5.32 Å². The highest BCUT2D eigenvalue weighted by Crippen LogP contribution is 2.18. The summed E-state index contributed by atoms with van der Waals surface area (Å²) >= 11 is 0. The van der Waals surface area contributed by atoms with Crippen molar-refractivity contribution in [3.63, 3.8) is 0 Å². The van der Waals surface area contributed by atoms with E-state index in [0.29, 0.717) is 19.4 Å². The number of esters is 1. The van der Waals surface area contributed by atoms with Gasteiger partial charge in [-0.25, -0.2) is 0 Å². The van der Waals surface area contributed by atoms with E-state index in [1.54, 1.807) is 6.08 Å². The van der Waals surface area contributed by atoms with Gasteiger partial charge in [0.1, 0.15) is 0 Å². The maximum atomic E-state index is 12.5. The predicted octanol–water partition coefficient (Wildman–Crippen LogP) is 23.5. The summed E-state index contributed by atoms with van der Waals surface area (Å²) in [7, 11) is 0. The third-order valence-electron chi connectivity index (χ3n) is 16.9. The molecule has 0 aliphatic heterocycles. The fraction of sp³-hybridized carbons (Fsp3) is 0.892. The summed E-state index contributed by atoms with van der Waals surface area (Å²) in [5.41, 5.74) is 0. The molecule has 0 heterocycles. The van der Waals surface area contributed by atoms with Crippen molar-refractivity contribution < 1.29 is 24.5 Å². The number of allylic oxidation sites excluding steroid dienone is 5. The van der Waals surface area contributed by atoms with E-state index in [1.165, 1.54) is 321 Å². The summed E-state index contributed by atoms with van der Waals surface area (Å²) in [5, 5.41) is 23.3. The van der Waals surface area contributed by atoms with Gasteiger partial charge in [-0.05, 0) is 83.5 Å². The fourth-order valence-corrected chi connectivity index (χ4v) is 11.3. The van der Waals surface area contributed by atoms with Crippen molar-refractivity contribution in [1.29, 1.82) is 0 Å². The van der Waals surface area contributed by atoms with E-state index in [9.17, 15) is 19.8 Å². The highest BCUT2D eigenvalue weighted by molar-refractivity contribution is 5.76. The van der Waals surface area contributed by atoms with Crippen LogP contribution in [0.5, 0.6) is 0 Å². The van der Waals surface area contributed by atoms with Gasteiger partial charge in [-0.2, -0.15) is 0 Å². The highest BCUT2D eigenvalue weighted by atomic mass is 16.5. The first kappa shape index (κ1) is 78.1. The number of carbonyl (C=O) groups is 2. The first-order chi connectivity index (χ1) is 39.5. The van der Waals surface area contributed by atoms with Crippen LogP contribution in [0.2, 0.25) is 0 Å². The number of hydrogen-bond acceptors (Lipinski definition) is 5. The Hall–Kier alpha value is -1.92. The van der Waals surface area contributed by atoms with E-state index in [0.717, 1.165) is 51.4 Å². The van der Waals surface area contributed by atoms with E-state index in [1.807, 2.05) is 6.08 Å². The van der Waals surface area contributed by atoms with Crippen LogP contribution in [-0.4, -0.2) is 47.4 Å². The number of aliphatic hydroxyl groups excluding tert-OH is 2. The molecule has 0 bridgehead atoms. The van der Waals surface area contributed by atoms with Crippen molar-refractivity contribution in [1.82, 2.24) is 5.32 Å². The number of rotatable bonds is 68. The Balaban J connectivity index is 3.44. The van der Waals surface area contributed by atoms with Crippen LogP contribution in [0.4, 0.5) is 0 Å². The van der Waals surface area contributed by atoms with Gasteiger partial charge in [0.25, 0.3) is 0 Å². The summed E-state index contributed by atoms with van der Waals surface area (Å²) in [6.45, 7) is 4.93. The largest absolute Gasteiger partial charge is 0.466 e. The van der Waals surface area contributed by atoms with Crippen molar-refractivity contribution in [3.05, 3.63) is 36.5 Å². The maximum absolute atomic E-state index is 12.5. The molecule has 0 rings (SSSR count). The molecule has 2 unspecified atom stereocenters. The first-order valence-electron chi connectivity index (χ1n) is 36.3. The molecule has 6 nitrogen and oxygen atoms in total. The van der Waals surface area contributed by atoms with Crippen LogP contribution >= 0.6 is 0 Å². The number of nitrogens with one attached hydrogen (secondary N) is 1. The van der Waals surface area contributed by atoms with Crippen LogP contribution in [0.3, 0.4) is 0 Å². The van der Waals surface area contributed by atoms with Crippen molar-refractivity contribution in [3.8, 4) is 0 Å². The quantitative estimate of drug-likeness (QED) is 0.0320. The van der Waals surface area contributed by atoms with Crippen molar-refractivity contribution in [2.75, 3.05) is 13.2 Å². The Morgan fingerprint density at radius 2 is 0.588 bits per heavy atom. The third kappa shape index (κ3) is 65.2. The number of carbonyl (C=O) groups excluding carboxylic acids is 2. The lowest BCUT2D eigenvalue weighted by molar-refractivity contribution is -0.143. The summed E-state index contributed by atoms with van der Waals surface area (Å²) in [6.07, 6.45) is 89.4. The van der Waals surface area contributed by atoms with Gasteiger partial charge in [0.05, 0.1) is 25.4 Å². The molecule has 0 saturated heterocycles. The molecule has 1 amide bonds. The van der Waals surface area contributed by atoms with E-state index in [-0.39, 0.29) is 18.5 Å². The van der Waals surface area contributed by atoms with E-state index < -0.39 is 12.1 Å². The molecule has 0 aliphatic rings. The Bertz CT molecular complexity index is 1300. The molecule has 0 aromatic carbocycles. The Morgan fingerprint density at radius 1 is 0.338 bits per heavy atom. The molecular weight excluding hydrogens is 983 g/mol. The fourth-order valence-electron chi connectivity index (χ4n) is 11.3. The lowest BCUT2D eigenvalue weighted by Gasteiger charge is -2.20. The maximum Gasteiger partial charge on any atom is 0.305 e. The minimum absolute atomic E-state index is 0.00271. The first-order valence-corrected chi connectivity index (χ1v) is 36.3. The van der Waals surface area contributed by atoms with E-state index >= 15 is 0 Å². The molecule has 0 saturated carbocycles. The number of ether oxygens (including phenoxy) is 1. The third-order valence-corrected chi connectivity index (χ3v) is 16.9. The monoisotopic (exact) mass is 1120 g/mol. The summed E-state index contributed by atoms with van der Waals surface area (Å²) in [6, 6.07) is -0.635. The second-order valence-electron chi connectivity index (χ2n) is 24.9. The minimum atomic E-state index is -0.851. The molecule has 0 aromatic heterocycles. The van der Waals surface area contributed by atoms with Crippen LogP contribution in [0.25, 0.3) is 0 Å². The summed E-state index contributed by atoms with van der Waals surface area (Å²) in [4.78, 5) is 24.6. The van der Waals surface area contributed by atoms with Crippen LogP contribution in [0.1, 0.15) is 399 Å². The molecule has 2 atom stereocenters. The second kappa shape index (κ2) is 69.6. The zero-order valence-corrected chi connectivity index (χ0v) is 54.1. The second-order valence-corrected chi connectivity index (χ2v) is 24.9. The number of amides is 1. The van der Waals surface area contributed by atoms with Gasteiger partial charge in [-0.1, -0.05) is 339 Å². The molecule has 0 fully saturated rings. The molecule has 3 N–H and O–H groups in total. The average molecular weight is 1120 g/mol. The molecular formula is C74H141NO5. The Morgan fingerprint density at radius 3 is 0.887 bits per heavy atom. The van der Waals surface area contributed by atoms with Gasteiger partial charge in [0.15, 0.2) is 0 Å². The van der Waals surface area contributed by atoms with Gasteiger partial charge in [-0.3, -0.25) is 9.59 Å². The van der Waals surface area contributed by atoms with Gasteiger partial charge < -0.3 is 20.3 Å². The molecule has 0 radical (unpaired) electrons. The normalized spacial score (nSPS) is 12.7. The molecule has 0 spiro atoms. The topological polar surface area (TPSA) is 95.9 Å². The lowest BCUT2D eigenvalue weighted by atomic mass is 10.0. The smallest absolute Gasteiger partial charge is 0.305 e. The zero-order valence-electron chi connectivity index (χ0n) is 54.1. The number of aliphatic hydroxyl groups is 2. The highest BCUT2D eigenvalue weighted by Gasteiger charge is 2.18. The minimum Gasteiger partial charge on any atom is -0.466 e. The van der Waals surface area contributed by atoms with Crippen LogP contribution in [0.15, 0.2) is 36.5 Å². The Labute approximate surface area is 500 Å². The lowest BCUT2D eigenvalue weighted by Crippen LogP contribution is -2.45. The molecule has 472 valence electrons. The van der Waals surface area contributed by atoms with Gasteiger partial charge in [-0.15, -0.1) is 0 Å². The number of unbranched alkanes of at least 4 members (excludes halogenated alkanes) is 53. The zero-order chi connectivity index (χ0) is 57.8. The standard InChI is InChI=1S/C74H141NO5/c1-3-5-7-9-11-13-15-17-19-21-22-23-24-25-26-29-32-35-38-42-46-50-54-58-62-66-72(77)71(70-76)75-73(78)67-63-59-55-51-47-43-39-36-33-30-27-28-31-34-37-41-45-49-53-57-61-65-69-80-74(79)68-64-60-56-52-48-44-40-20-18-16-14-12-10-8-6-4-2/h20,30,33,40,62,66,71-72,76-77H,3-19,21-29,31-32,34-39,41-61,63-65,67-70H2,1-2H3,(H,75,78)/b33-30-,40-20-,66-62+. The molecule has 80 heavy (non-hydrogen) atoms. The van der Waals surface area contributed by atoms with Gasteiger partial charge in [0, 0.05) is 12.8 Å². The summed E-state index contributed by atoms with van der Waals surface area (Å²) in [5.74, 6) is -0.0683. The van der Waals surface area contributed by atoms with Gasteiger partial charge in [0.2, 0.25) is 5.91 Å². The van der Waals surface area contributed by atoms with E-state index in [2.05, 4.69) is 43.5 Å². The molecule has 6 heteroatoms. The summed E-state index contributed by atoms with van der Waals surface area (Å²) < 4.78 is 5.49. The van der Waals surface area contributed by atoms with Crippen molar-refractivity contribution >= 4 is 11.9 Å². The Kier molecular flexibility index (Phi) is 67.9. The average Bonchev–Trinajstić information content (AvgIpc) is 3.46. The van der Waals surface area contributed by atoms with Crippen molar-refractivity contribution in [2.45, 2.75) is 411 Å². The van der Waals surface area contributed by atoms with E-state index in [4.69, 9.17) is 4.74 Å². The SMILES string of the molecule is CCCCCCCCC/C=C\CCCCCCCC(=O)OCCCCCCCCCCCCC/C=C\CCCCCCCCCC(=O)NC(CO)C(O)/C=C/CCCCCCCCCCCCCCCCCCCCCCCCC. The van der Waals surface area contributed by atoms with Crippen LogP contribution in [-0.2, 0) is 14.3 Å². The molecule has 0 aromatic rings.